The molecule has 0 aromatic heterocycles. The number of hydrogen-bond acceptors (Lipinski definition) is 2. The van der Waals surface area contributed by atoms with Crippen LogP contribution in [0.2, 0.25) is 0 Å². The zero-order valence-electron chi connectivity index (χ0n) is 10.2. The molecular weight excluding hydrogens is 214 g/mol. The third-order valence-corrected chi connectivity index (χ3v) is 3.43. The highest BCUT2D eigenvalue weighted by Crippen LogP contribution is 2.20. The predicted octanol–water partition coefficient (Wildman–Crippen LogP) is 2.30. The van der Waals surface area contributed by atoms with Gasteiger partial charge in [-0.05, 0) is 36.9 Å². The zero-order chi connectivity index (χ0) is 12.3. The van der Waals surface area contributed by atoms with Gasteiger partial charge in [0.15, 0.2) is 0 Å². The van der Waals surface area contributed by atoms with Crippen molar-refractivity contribution in [3.05, 3.63) is 35.4 Å². The van der Waals surface area contributed by atoms with Crippen molar-refractivity contribution in [2.24, 2.45) is 0 Å². The Hall–Kier alpha value is -1.35. The van der Waals surface area contributed by atoms with E-state index in [9.17, 15) is 4.79 Å². The molecule has 1 unspecified atom stereocenters. The van der Waals surface area contributed by atoms with E-state index in [-0.39, 0.29) is 6.04 Å². The minimum atomic E-state index is -0.686. The van der Waals surface area contributed by atoms with E-state index in [2.05, 4.69) is 36.1 Å². The second kappa shape index (κ2) is 5.32. The van der Waals surface area contributed by atoms with Gasteiger partial charge in [-0.25, -0.2) is 0 Å². The van der Waals surface area contributed by atoms with Crippen LogP contribution in [-0.4, -0.2) is 28.6 Å². The number of carboxylic acid groups (broad SMARTS) is 1. The van der Waals surface area contributed by atoms with Crippen molar-refractivity contribution in [3.8, 4) is 0 Å². The van der Waals surface area contributed by atoms with Crippen LogP contribution in [-0.2, 0) is 17.8 Å². The zero-order valence-corrected chi connectivity index (χ0v) is 10.2. The van der Waals surface area contributed by atoms with Gasteiger partial charge in [-0.2, -0.15) is 0 Å². The largest absolute Gasteiger partial charge is 0.480 e. The predicted molar refractivity (Wildman–Crippen MR) is 66.9 cm³/mol. The number of carboxylic acids is 1. The first-order chi connectivity index (χ1) is 8.20. The molecule has 1 saturated heterocycles. The van der Waals surface area contributed by atoms with E-state index in [1.807, 2.05) is 0 Å². The van der Waals surface area contributed by atoms with Crippen molar-refractivity contribution in [1.29, 1.82) is 0 Å². The second-order valence-corrected chi connectivity index (χ2v) is 4.64. The smallest absolute Gasteiger partial charge is 0.320 e. The highest BCUT2D eigenvalue weighted by Gasteiger charge is 2.30. The number of benzene rings is 1. The topological polar surface area (TPSA) is 40.5 Å². The minimum absolute atomic E-state index is 0.291. The first-order valence-corrected chi connectivity index (χ1v) is 6.25. The fraction of sp³-hybridized carbons (Fsp3) is 0.500. The van der Waals surface area contributed by atoms with Gasteiger partial charge in [-0.15, -0.1) is 0 Å². The summed E-state index contributed by atoms with van der Waals surface area (Å²) in [5.74, 6) is -0.686. The standard InChI is InChI=1S/C14H19NO2/c1-2-11-5-3-6-12(9-11)10-15-8-4-7-13(15)14(16)17/h3,5-6,9,13H,2,4,7-8,10H2,1H3,(H,16,17). The molecular formula is C14H19NO2. The Bertz CT molecular complexity index is 403. The van der Waals surface area contributed by atoms with Gasteiger partial charge in [-0.3, -0.25) is 9.69 Å². The van der Waals surface area contributed by atoms with Crippen molar-refractivity contribution in [2.75, 3.05) is 6.54 Å². The number of carbonyl (C=O) groups is 1. The second-order valence-electron chi connectivity index (χ2n) is 4.64. The van der Waals surface area contributed by atoms with Crippen molar-refractivity contribution in [3.63, 3.8) is 0 Å². The van der Waals surface area contributed by atoms with E-state index in [0.717, 1.165) is 32.4 Å². The third kappa shape index (κ3) is 2.86. The Morgan fingerprint density at radius 1 is 1.47 bits per heavy atom. The fourth-order valence-electron chi connectivity index (χ4n) is 2.48. The highest BCUT2D eigenvalue weighted by molar-refractivity contribution is 5.73. The molecule has 1 N–H and O–H groups in total. The molecule has 0 aliphatic carbocycles. The molecule has 3 heteroatoms. The number of aliphatic carboxylic acids is 1. The summed E-state index contributed by atoms with van der Waals surface area (Å²) >= 11 is 0. The van der Waals surface area contributed by atoms with Gasteiger partial charge >= 0.3 is 5.97 Å². The Morgan fingerprint density at radius 3 is 2.94 bits per heavy atom. The van der Waals surface area contributed by atoms with E-state index in [4.69, 9.17) is 5.11 Å². The van der Waals surface area contributed by atoms with E-state index < -0.39 is 5.97 Å². The molecule has 1 heterocycles. The molecule has 0 saturated carbocycles. The minimum Gasteiger partial charge on any atom is -0.480 e. The van der Waals surface area contributed by atoms with Crippen LogP contribution in [0.5, 0.6) is 0 Å². The third-order valence-electron chi connectivity index (χ3n) is 3.43. The van der Waals surface area contributed by atoms with Crippen LogP contribution >= 0.6 is 0 Å². The van der Waals surface area contributed by atoms with E-state index in [0.29, 0.717) is 0 Å². The average Bonchev–Trinajstić information content (AvgIpc) is 2.77. The van der Waals surface area contributed by atoms with E-state index in [1.165, 1.54) is 11.1 Å². The average molecular weight is 233 g/mol. The summed E-state index contributed by atoms with van der Waals surface area (Å²) in [6, 6.07) is 8.13. The van der Waals surface area contributed by atoms with Crippen LogP contribution in [0.4, 0.5) is 0 Å². The molecule has 17 heavy (non-hydrogen) atoms. The summed E-state index contributed by atoms with van der Waals surface area (Å²) in [5, 5.41) is 9.12. The van der Waals surface area contributed by atoms with Crippen molar-refractivity contribution in [1.82, 2.24) is 4.90 Å². The van der Waals surface area contributed by atoms with Gasteiger partial charge in [0, 0.05) is 6.54 Å². The maximum Gasteiger partial charge on any atom is 0.320 e. The molecule has 3 nitrogen and oxygen atoms in total. The number of aryl methyl sites for hydroxylation is 1. The summed E-state index contributed by atoms with van der Waals surface area (Å²) < 4.78 is 0. The van der Waals surface area contributed by atoms with E-state index >= 15 is 0 Å². The SMILES string of the molecule is CCc1cccc(CN2CCCC2C(=O)O)c1. The monoisotopic (exact) mass is 233 g/mol. The number of nitrogens with zero attached hydrogens (tertiary/aromatic N) is 1. The number of hydrogen-bond donors (Lipinski definition) is 1. The molecule has 2 rings (SSSR count). The van der Waals surface area contributed by atoms with Gasteiger partial charge in [0.05, 0.1) is 0 Å². The molecule has 1 aromatic carbocycles. The molecule has 1 aromatic rings. The van der Waals surface area contributed by atoms with Gasteiger partial charge in [0.2, 0.25) is 0 Å². The summed E-state index contributed by atoms with van der Waals surface area (Å²) in [6.45, 7) is 3.78. The van der Waals surface area contributed by atoms with Gasteiger partial charge in [-0.1, -0.05) is 31.2 Å². The Kier molecular flexibility index (Phi) is 3.79. The first-order valence-electron chi connectivity index (χ1n) is 6.25. The van der Waals surface area contributed by atoms with Crippen LogP contribution in [0.25, 0.3) is 0 Å². The van der Waals surface area contributed by atoms with Crippen molar-refractivity contribution >= 4 is 5.97 Å². The molecule has 1 fully saturated rings. The maximum absolute atomic E-state index is 11.1. The lowest BCUT2D eigenvalue weighted by Gasteiger charge is -2.21. The Morgan fingerprint density at radius 2 is 2.24 bits per heavy atom. The van der Waals surface area contributed by atoms with Crippen LogP contribution in [0.1, 0.15) is 30.9 Å². The molecule has 92 valence electrons. The lowest BCUT2D eigenvalue weighted by Crippen LogP contribution is -2.35. The van der Waals surface area contributed by atoms with Gasteiger partial charge in [0.25, 0.3) is 0 Å². The van der Waals surface area contributed by atoms with Crippen LogP contribution < -0.4 is 0 Å². The number of rotatable bonds is 4. The quantitative estimate of drug-likeness (QED) is 0.867. The van der Waals surface area contributed by atoms with Crippen molar-refractivity contribution in [2.45, 2.75) is 38.8 Å². The number of likely N-dealkylation sites (tertiary alicyclic amines) is 1. The van der Waals surface area contributed by atoms with Gasteiger partial charge in [0.1, 0.15) is 6.04 Å². The van der Waals surface area contributed by atoms with Crippen LogP contribution in [0.15, 0.2) is 24.3 Å². The lowest BCUT2D eigenvalue weighted by molar-refractivity contribution is -0.142. The molecule has 1 aliphatic heterocycles. The molecule has 0 amide bonds. The summed E-state index contributed by atoms with van der Waals surface area (Å²) in [7, 11) is 0. The normalized spacial score (nSPS) is 20.6. The van der Waals surface area contributed by atoms with E-state index in [1.54, 1.807) is 0 Å². The molecule has 0 spiro atoms. The maximum atomic E-state index is 11.1. The molecule has 1 aliphatic rings. The summed E-state index contributed by atoms with van der Waals surface area (Å²) in [5.41, 5.74) is 2.53. The summed E-state index contributed by atoms with van der Waals surface area (Å²) in [4.78, 5) is 13.2. The van der Waals surface area contributed by atoms with Crippen LogP contribution in [0, 0.1) is 0 Å². The fourth-order valence-corrected chi connectivity index (χ4v) is 2.48. The van der Waals surface area contributed by atoms with Gasteiger partial charge < -0.3 is 5.11 Å². The Labute approximate surface area is 102 Å². The molecule has 1 atom stereocenters. The highest BCUT2D eigenvalue weighted by atomic mass is 16.4. The van der Waals surface area contributed by atoms with Crippen molar-refractivity contribution < 1.29 is 9.90 Å². The Balaban J connectivity index is 2.06. The lowest BCUT2D eigenvalue weighted by atomic mass is 10.1. The molecule has 0 radical (unpaired) electrons. The first kappa shape index (κ1) is 12.1. The molecule has 0 bridgehead atoms. The van der Waals surface area contributed by atoms with Crippen LogP contribution in [0.3, 0.4) is 0 Å². The summed E-state index contributed by atoms with van der Waals surface area (Å²) in [6.07, 6.45) is 2.80.